The number of anilines is 2. The van der Waals surface area contributed by atoms with Crippen LogP contribution in [0, 0.1) is 0 Å². The standard InChI is InChI=1S/C50H56N4S2/c1-51-35-29-45(30-36-51)19-17-43-21-25-49(26-22-43)53(41-47-13-5-3-6-14-47)33-9-11-39-55-56-40-12-10-34-54(42-48-15-7-4-8-16-48)50-27-23-44(24-28-50)18-20-46-31-37-52(2)38-32-46/h3-8,13-32,35-38H,9-12,33-34,39-42H2,1-2H3/q+2. The van der Waals surface area contributed by atoms with E-state index in [-0.39, 0.29) is 0 Å². The summed E-state index contributed by atoms with van der Waals surface area (Å²) in [4.78, 5) is 5.07. The maximum atomic E-state index is 2.54. The molecule has 0 fully saturated rings. The number of benzene rings is 4. The first-order valence-corrected chi connectivity index (χ1v) is 22.4. The minimum Gasteiger partial charge on any atom is -0.367 e. The Bertz CT molecular complexity index is 1890. The van der Waals surface area contributed by atoms with E-state index in [9.17, 15) is 0 Å². The van der Waals surface area contributed by atoms with Gasteiger partial charge in [-0.25, -0.2) is 9.13 Å². The van der Waals surface area contributed by atoms with Gasteiger partial charge in [-0.3, -0.25) is 0 Å². The Morgan fingerprint density at radius 3 is 1.11 bits per heavy atom. The van der Waals surface area contributed by atoms with Gasteiger partial charge in [0.15, 0.2) is 24.8 Å². The Balaban J connectivity index is 0.925. The van der Waals surface area contributed by atoms with Crippen molar-refractivity contribution in [1.82, 2.24) is 0 Å². The summed E-state index contributed by atoms with van der Waals surface area (Å²) >= 11 is 0. The topological polar surface area (TPSA) is 14.2 Å². The Labute approximate surface area is 343 Å². The molecular weight excluding hydrogens is 721 g/mol. The van der Waals surface area contributed by atoms with Gasteiger partial charge in [-0.15, -0.1) is 0 Å². The van der Waals surface area contributed by atoms with Crippen LogP contribution in [0.25, 0.3) is 24.3 Å². The largest absolute Gasteiger partial charge is 0.367 e. The van der Waals surface area contributed by atoms with E-state index in [4.69, 9.17) is 0 Å². The first-order chi connectivity index (χ1) is 27.6. The predicted octanol–water partition coefficient (Wildman–Crippen LogP) is 11.3. The van der Waals surface area contributed by atoms with Crippen LogP contribution in [0.2, 0.25) is 0 Å². The van der Waals surface area contributed by atoms with Crippen LogP contribution in [0.3, 0.4) is 0 Å². The monoisotopic (exact) mass is 776 g/mol. The van der Waals surface area contributed by atoms with Gasteiger partial charge in [0.05, 0.1) is 0 Å². The molecule has 0 bridgehead atoms. The molecule has 0 unspecified atom stereocenters. The van der Waals surface area contributed by atoms with Crippen molar-refractivity contribution in [3.05, 3.63) is 192 Å². The van der Waals surface area contributed by atoms with E-state index in [0.717, 1.165) is 26.2 Å². The number of aromatic nitrogens is 2. The maximum Gasteiger partial charge on any atom is 0.169 e. The van der Waals surface area contributed by atoms with Crippen molar-refractivity contribution < 1.29 is 9.13 Å². The Hall–Kier alpha value is -5.04. The van der Waals surface area contributed by atoms with E-state index >= 15 is 0 Å². The summed E-state index contributed by atoms with van der Waals surface area (Å²) in [6.45, 7) is 3.96. The zero-order chi connectivity index (χ0) is 38.6. The number of unbranched alkanes of at least 4 members (excludes halogenated alkanes) is 2. The van der Waals surface area contributed by atoms with Crippen LogP contribution in [0.5, 0.6) is 0 Å². The molecule has 0 saturated carbocycles. The number of hydrogen-bond acceptors (Lipinski definition) is 4. The zero-order valence-electron chi connectivity index (χ0n) is 33.0. The molecule has 4 aromatic carbocycles. The third-order valence-corrected chi connectivity index (χ3v) is 12.4. The van der Waals surface area contributed by atoms with Crippen molar-refractivity contribution >= 4 is 57.3 Å². The fourth-order valence-electron chi connectivity index (χ4n) is 6.48. The number of aryl methyl sites for hydroxylation is 2. The summed E-state index contributed by atoms with van der Waals surface area (Å²) in [7, 11) is 8.17. The molecule has 0 amide bonds. The lowest BCUT2D eigenvalue weighted by Gasteiger charge is -2.25. The molecule has 0 atom stereocenters. The van der Waals surface area contributed by atoms with Gasteiger partial charge in [-0.1, -0.05) is 131 Å². The lowest BCUT2D eigenvalue weighted by atomic mass is 10.1. The molecule has 6 rings (SSSR count). The second kappa shape index (κ2) is 22.5. The van der Waals surface area contributed by atoms with Gasteiger partial charge in [0.1, 0.15) is 14.1 Å². The molecule has 2 heterocycles. The third-order valence-electron chi connectivity index (χ3n) is 9.79. The molecule has 0 aliphatic carbocycles. The summed E-state index contributed by atoms with van der Waals surface area (Å²) in [6, 6.07) is 48.3. The fourth-order valence-corrected chi connectivity index (χ4v) is 8.77. The van der Waals surface area contributed by atoms with E-state index < -0.39 is 0 Å². The van der Waals surface area contributed by atoms with Gasteiger partial charge in [-0.05, 0) is 83.3 Å². The first-order valence-electron chi connectivity index (χ1n) is 19.9. The lowest BCUT2D eigenvalue weighted by molar-refractivity contribution is -0.671. The van der Waals surface area contributed by atoms with Gasteiger partial charge < -0.3 is 9.80 Å². The first kappa shape index (κ1) is 40.6. The summed E-state index contributed by atoms with van der Waals surface area (Å²) in [5, 5.41) is 0. The summed E-state index contributed by atoms with van der Waals surface area (Å²) in [6.07, 6.45) is 21.9. The molecule has 6 aromatic rings. The van der Waals surface area contributed by atoms with Crippen molar-refractivity contribution in [1.29, 1.82) is 0 Å². The van der Waals surface area contributed by atoms with Gasteiger partial charge in [0, 0.05) is 73.3 Å². The summed E-state index contributed by atoms with van der Waals surface area (Å²) in [5.41, 5.74) is 10.1. The second-order valence-electron chi connectivity index (χ2n) is 14.3. The second-order valence-corrected chi connectivity index (χ2v) is 17.0. The van der Waals surface area contributed by atoms with E-state index in [1.54, 1.807) is 0 Å². The summed E-state index contributed by atoms with van der Waals surface area (Å²) < 4.78 is 4.11. The molecule has 4 nitrogen and oxygen atoms in total. The summed E-state index contributed by atoms with van der Waals surface area (Å²) in [5.74, 6) is 2.38. The van der Waals surface area contributed by atoms with Crippen LogP contribution in [-0.4, -0.2) is 24.6 Å². The molecule has 6 heteroatoms. The molecule has 0 spiro atoms. The van der Waals surface area contributed by atoms with Crippen LogP contribution in [-0.2, 0) is 27.2 Å². The van der Waals surface area contributed by atoms with E-state index in [0.29, 0.717) is 0 Å². The molecule has 2 aromatic heterocycles. The highest BCUT2D eigenvalue weighted by Crippen LogP contribution is 2.26. The average molecular weight is 777 g/mol. The van der Waals surface area contributed by atoms with Gasteiger partial charge >= 0.3 is 0 Å². The van der Waals surface area contributed by atoms with Crippen LogP contribution in [0.1, 0.15) is 59.1 Å². The SMILES string of the molecule is C[n+]1ccc(/C=C/c2ccc(N(CCCCSSCCCCN(Cc3ccccc3)c3ccc(/C=C/c4cc[n+](C)cc4)cc3)Cc3ccccc3)cc2)cc1. The van der Waals surface area contributed by atoms with Crippen molar-refractivity contribution in [2.75, 3.05) is 34.4 Å². The van der Waals surface area contributed by atoms with Crippen LogP contribution in [0.4, 0.5) is 11.4 Å². The molecule has 0 radical (unpaired) electrons. The molecular formula is C50H56N4S2+2. The van der Waals surface area contributed by atoms with Crippen molar-refractivity contribution in [2.24, 2.45) is 14.1 Å². The minimum atomic E-state index is 0.925. The Kier molecular flexibility index (Phi) is 16.3. The van der Waals surface area contributed by atoms with Gasteiger partial charge in [0.2, 0.25) is 0 Å². The number of rotatable bonds is 21. The van der Waals surface area contributed by atoms with E-state index in [1.807, 2.05) is 35.7 Å². The van der Waals surface area contributed by atoms with Crippen molar-refractivity contribution in [2.45, 2.75) is 38.8 Å². The minimum absolute atomic E-state index is 0.925. The van der Waals surface area contributed by atoms with Gasteiger partial charge in [0.25, 0.3) is 0 Å². The smallest absolute Gasteiger partial charge is 0.169 e. The molecule has 0 aliphatic heterocycles. The van der Waals surface area contributed by atoms with Crippen molar-refractivity contribution in [3.8, 4) is 0 Å². The molecule has 56 heavy (non-hydrogen) atoms. The Morgan fingerprint density at radius 1 is 0.411 bits per heavy atom. The average Bonchev–Trinajstić information content (AvgIpc) is 3.24. The normalized spacial score (nSPS) is 11.4. The van der Waals surface area contributed by atoms with E-state index in [2.05, 4.69) is 201 Å². The number of pyridine rings is 2. The van der Waals surface area contributed by atoms with Crippen LogP contribution in [0.15, 0.2) is 158 Å². The highest BCUT2D eigenvalue weighted by molar-refractivity contribution is 8.76. The Morgan fingerprint density at radius 2 is 0.750 bits per heavy atom. The van der Waals surface area contributed by atoms with Crippen LogP contribution >= 0.6 is 21.6 Å². The quantitative estimate of drug-likeness (QED) is 0.0410. The molecule has 0 N–H and O–H groups in total. The number of hydrogen-bond donors (Lipinski definition) is 0. The molecule has 0 saturated heterocycles. The zero-order valence-corrected chi connectivity index (χ0v) is 34.6. The highest BCUT2D eigenvalue weighted by Gasteiger charge is 2.10. The predicted molar refractivity (Wildman–Crippen MR) is 244 cm³/mol. The highest BCUT2D eigenvalue weighted by atomic mass is 33.1. The lowest BCUT2D eigenvalue weighted by Crippen LogP contribution is -2.25. The van der Waals surface area contributed by atoms with Gasteiger partial charge in [-0.2, -0.15) is 0 Å². The maximum absolute atomic E-state index is 2.54. The fraction of sp³-hybridized carbons (Fsp3) is 0.240. The molecule has 286 valence electrons. The number of nitrogens with zero attached hydrogens (tertiary/aromatic N) is 4. The van der Waals surface area contributed by atoms with Crippen molar-refractivity contribution in [3.63, 3.8) is 0 Å². The van der Waals surface area contributed by atoms with Crippen LogP contribution < -0.4 is 18.9 Å². The molecule has 0 aliphatic rings. The van der Waals surface area contributed by atoms with E-state index in [1.165, 1.54) is 81.9 Å². The third kappa shape index (κ3) is 13.9.